The van der Waals surface area contributed by atoms with Crippen LogP contribution >= 0.6 is 0 Å². The van der Waals surface area contributed by atoms with E-state index in [1.165, 1.54) is 12.1 Å². The minimum absolute atomic E-state index is 0.0140. The summed E-state index contributed by atoms with van der Waals surface area (Å²) in [5.41, 5.74) is 0.103. The summed E-state index contributed by atoms with van der Waals surface area (Å²) in [7, 11) is 0. The lowest BCUT2D eigenvalue weighted by Gasteiger charge is -2.34. The summed E-state index contributed by atoms with van der Waals surface area (Å²) in [6.45, 7) is 5.97. The van der Waals surface area contributed by atoms with Crippen molar-refractivity contribution in [2.75, 3.05) is 39.3 Å². The summed E-state index contributed by atoms with van der Waals surface area (Å²) in [5, 5.41) is 3.20. The number of nitrogens with one attached hydrogen (secondary N) is 1. The van der Waals surface area contributed by atoms with E-state index in [-0.39, 0.29) is 23.3 Å². The molecule has 1 aromatic carbocycles. The summed E-state index contributed by atoms with van der Waals surface area (Å²) in [5.74, 6) is -0.192. The van der Waals surface area contributed by atoms with Gasteiger partial charge in [0.15, 0.2) is 0 Å². The van der Waals surface area contributed by atoms with E-state index in [1.54, 1.807) is 17.0 Å². The van der Waals surface area contributed by atoms with Gasteiger partial charge >= 0.3 is 0 Å². The highest BCUT2D eigenvalue weighted by Gasteiger charge is 2.32. The fraction of sp³-hybridized carbons (Fsp3) is 0.556. The Hall–Kier alpha value is -1.95. The van der Waals surface area contributed by atoms with Crippen LogP contribution < -0.4 is 5.32 Å². The zero-order valence-corrected chi connectivity index (χ0v) is 14.0. The molecule has 2 fully saturated rings. The number of halogens is 1. The molecule has 0 radical (unpaired) electrons. The Labute approximate surface area is 141 Å². The van der Waals surface area contributed by atoms with E-state index in [0.717, 1.165) is 19.5 Å². The van der Waals surface area contributed by atoms with Crippen molar-refractivity contribution in [3.8, 4) is 0 Å². The molecule has 5 nitrogen and oxygen atoms in total. The molecular formula is C18H24FN3O2. The number of hydrogen-bond acceptors (Lipinski definition) is 3. The molecule has 0 aromatic heterocycles. The van der Waals surface area contributed by atoms with E-state index in [4.69, 9.17) is 0 Å². The van der Waals surface area contributed by atoms with Crippen LogP contribution in [-0.4, -0.2) is 60.9 Å². The van der Waals surface area contributed by atoms with E-state index < -0.39 is 5.82 Å². The molecule has 1 aromatic rings. The molecule has 2 aliphatic rings. The maximum Gasteiger partial charge on any atom is 0.256 e. The molecule has 6 heteroatoms. The van der Waals surface area contributed by atoms with Crippen molar-refractivity contribution in [3.05, 3.63) is 35.6 Å². The Morgan fingerprint density at radius 3 is 2.46 bits per heavy atom. The molecule has 2 amide bonds. The van der Waals surface area contributed by atoms with Crippen molar-refractivity contribution in [1.29, 1.82) is 0 Å². The lowest BCUT2D eigenvalue weighted by Crippen LogP contribution is -2.51. The zero-order valence-electron chi connectivity index (χ0n) is 14.0. The quantitative estimate of drug-likeness (QED) is 0.909. The van der Waals surface area contributed by atoms with E-state index in [9.17, 15) is 14.0 Å². The first-order valence-electron chi connectivity index (χ1n) is 8.61. The van der Waals surface area contributed by atoms with Crippen LogP contribution in [-0.2, 0) is 4.79 Å². The Morgan fingerprint density at radius 1 is 1.12 bits per heavy atom. The van der Waals surface area contributed by atoms with Gasteiger partial charge in [-0.1, -0.05) is 19.1 Å². The number of amides is 2. The van der Waals surface area contributed by atoms with Gasteiger partial charge in [0.1, 0.15) is 5.82 Å². The zero-order chi connectivity index (χ0) is 17.1. The van der Waals surface area contributed by atoms with Crippen LogP contribution in [0.1, 0.15) is 23.7 Å². The van der Waals surface area contributed by atoms with E-state index in [2.05, 4.69) is 5.32 Å². The molecule has 1 atom stereocenters. The number of rotatable bonds is 3. The molecule has 0 bridgehead atoms. The van der Waals surface area contributed by atoms with Gasteiger partial charge in [0.25, 0.3) is 5.91 Å². The van der Waals surface area contributed by atoms with Gasteiger partial charge in [-0.3, -0.25) is 9.59 Å². The first-order valence-corrected chi connectivity index (χ1v) is 8.61. The van der Waals surface area contributed by atoms with E-state index in [1.807, 2.05) is 11.8 Å². The second-order valence-corrected chi connectivity index (χ2v) is 6.66. The van der Waals surface area contributed by atoms with E-state index in [0.29, 0.717) is 32.1 Å². The Kier molecular flexibility index (Phi) is 5.14. The van der Waals surface area contributed by atoms with Gasteiger partial charge in [0.05, 0.1) is 5.56 Å². The highest BCUT2D eigenvalue weighted by Crippen LogP contribution is 2.20. The standard InChI is InChI=1S/C18H24FN3O2/c1-13(14-11-20-12-14)17(23)21-7-4-8-22(10-9-21)18(24)15-5-2-3-6-16(15)19/h2-3,5-6,13-14,20H,4,7-12H2,1H3. The van der Waals surface area contributed by atoms with Crippen LogP contribution in [0, 0.1) is 17.7 Å². The molecule has 2 aliphatic heterocycles. The highest BCUT2D eigenvalue weighted by atomic mass is 19.1. The summed E-state index contributed by atoms with van der Waals surface area (Å²) < 4.78 is 13.8. The topological polar surface area (TPSA) is 52.7 Å². The summed E-state index contributed by atoms with van der Waals surface area (Å²) in [4.78, 5) is 28.7. The van der Waals surface area contributed by atoms with Gasteiger partial charge in [-0.25, -0.2) is 4.39 Å². The fourth-order valence-electron chi connectivity index (χ4n) is 3.30. The molecular weight excluding hydrogens is 309 g/mol. The largest absolute Gasteiger partial charge is 0.341 e. The van der Waals surface area contributed by atoms with Crippen molar-refractivity contribution in [3.63, 3.8) is 0 Å². The Balaban J connectivity index is 1.61. The third kappa shape index (κ3) is 3.43. The summed E-state index contributed by atoms with van der Waals surface area (Å²) >= 11 is 0. The summed E-state index contributed by atoms with van der Waals surface area (Å²) in [6, 6.07) is 6.05. The normalized spacial score (nSPS) is 20.2. The predicted octanol–water partition coefficient (Wildman–Crippen LogP) is 1.36. The summed E-state index contributed by atoms with van der Waals surface area (Å²) in [6.07, 6.45) is 0.724. The molecule has 0 aliphatic carbocycles. The van der Waals surface area contributed by atoms with Gasteiger partial charge < -0.3 is 15.1 Å². The maximum absolute atomic E-state index is 13.8. The number of carbonyl (C=O) groups is 2. The van der Waals surface area contributed by atoms with E-state index >= 15 is 0 Å². The Bertz CT molecular complexity index is 618. The smallest absolute Gasteiger partial charge is 0.256 e. The lowest BCUT2D eigenvalue weighted by atomic mass is 9.88. The van der Waals surface area contributed by atoms with Crippen LogP contribution in [0.4, 0.5) is 4.39 Å². The molecule has 24 heavy (non-hydrogen) atoms. The van der Waals surface area contributed by atoms with Crippen molar-refractivity contribution in [2.45, 2.75) is 13.3 Å². The molecule has 1 unspecified atom stereocenters. The molecule has 2 heterocycles. The second kappa shape index (κ2) is 7.30. The fourth-order valence-corrected chi connectivity index (χ4v) is 3.30. The Morgan fingerprint density at radius 2 is 1.79 bits per heavy atom. The molecule has 3 rings (SSSR count). The number of carbonyl (C=O) groups excluding carboxylic acids is 2. The lowest BCUT2D eigenvalue weighted by molar-refractivity contribution is -0.137. The highest BCUT2D eigenvalue weighted by molar-refractivity contribution is 5.94. The number of benzene rings is 1. The van der Waals surface area contributed by atoms with Crippen LogP contribution in [0.15, 0.2) is 24.3 Å². The third-order valence-electron chi connectivity index (χ3n) is 5.11. The van der Waals surface area contributed by atoms with Gasteiger partial charge in [-0.2, -0.15) is 0 Å². The van der Waals surface area contributed by atoms with Crippen molar-refractivity contribution < 1.29 is 14.0 Å². The van der Waals surface area contributed by atoms with Crippen molar-refractivity contribution in [1.82, 2.24) is 15.1 Å². The molecule has 1 N–H and O–H groups in total. The monoisotopic (exact) mass is 333 g/mol. The maximum atomic E-state index is 13.8. The van der Waals surface area contributed by atoms with Gasteiger partial charge in [-0.15, -0.1) is 0 Å². The predicted molar refractivity (Wildman–Crippen MR) is 89.0 cm³/mol. The molecule has 2 saturated heterocycles. The average molecular weight is 333 g/mol. The average Bonchev–Trinajstić information content (AvgIpc) is 2.78. The third-order valence-corrected chi connectivity index (χ3v) is 5.11. The van der Waals surface area contributed by atoms with Gasteiger partial charge in [0.2, 0.25) is 5.91 Å². The minimum Gasteiger partial charge on any atom is -0.341 e. The SMILES string of the molecule is CC(C(=O)N1CCCN(C(=O)c2ccccc2F)CC1)C1CNC1. The van der Waals surface area contributed by atoms with Crippen molar-refractivity contribution in [2.24, 2.45) is 11.8 Å². The van der Waals surface area contributed by atoms with Crippen LogP contribution in [0.5, 0.6) is 0 Å². The number of nitrogens with zero attached hydrogens (tertiary/aromatic N) is 2. The molecule has 0 spiro atoms. The second-order valence-electron chi connectivity index (χ2n) is 6.66. The van der Waals surface area contributed by atoms with Crippen molar-refractivity contribution >= 4 is 11.8 Å². The first-order chi connectivity index (χ1) is 11.6. The molecule has 0 saturated carbocycles. The molecule has 130 valence electrons. The van der Waals surface area contributed by atoms with Crippen LogP contribution in [0.25, 0.3) is 0 Å². The van der Waals surface area contributed by atoms with Crippen LogP contribution in [0.3, 0.4) is 0 Å². The van der Waals surface area contributed by atoms with Gasteiger partial charge in [-0.05, 0) is 37.6 Å². The van der Waals surface area contributed by atoms with Gasteiger partial charge in [0, 0.05) is 32.1 Å². The number of hydrogen-bond donors (Lipinski definition) is 1. The van der Waals surface area contributed by atoms with Crippen LogP contribution in [0.2, 0.25) is 0 Å². The minimum atomic E-state index is -0.495. The first kappa shape index (κ1) is 16.9.